The molecule has 0 fully saturated rings. The Morgan fingerprint density at radius 3 is 2.41 bits per heavy atom. The molecule has 0 rings (SSSR count). The van der Waals surface area contributed by atoms with Crippen LogP contribution in [-0.4, -0.2) is 50.6 Å². The van der Waals surface area contributed by atoms with Gasteiger partial charge >= 0.3 is 6.03 Å². The van der Waals surface area contributed by atoms with E-state index in [-0.39, 0.29) is 11.3 Å². The summed E-state index contributed by atoms with van der Waals surface area (Å²) >= 11 is 0. The summed E-state index contributed by atoms with van der Waals surface area (Å²) in [5.74, 6) is -0.276. The number of carbonyl (C=O) groups excluding carboxylic acids is 2. The molecule has 0 heterocycles. The number of nitrogens with two attached hydrogens (primary N) is 1. The standard InChI is InChI=1S/C11H24N4O2/c1-11(2,7-12)8-15(4)6-5-9(16)14-10(17)13-3/h5-8,12H2,1-4H3,(H2,13,14,16,17). The average Bonchev–Trinajstić information content (AvgIpc) is 2.25. The van der Waals surface area contributed by atoms with Crippen LogP contribution in [0.1, 0.15) is 20.3 Å². The first-order valence-electron chi connectivity index (χ1n) is 5.71. The first-order valence-corrected chi connectivity index (χ1v) is 5.71. The smallest absolute Gasteiger partial charge is 0.321 e. The van der Waals surface area contributed by atoms with Crippen LogP contribution in [0, 0.1) is 5.41 Å². The lowest BCUT2D eigenvalue weighted by molar-refractivity contribution is -0.120. The maximum atomic E-state index is 11.3. The Kier molecular flexibility index (Phi) is 6.75. The fraction of sp³-hybridized carbons (Fsp3) is 0.818. The molecule has 0 saturated carbocycles. The minimum Gasteiger partial charge on any atom is -0.341 e. The van der Waals surface area contributed by atoms with E-state index < -0.39 is 6.03 Å². The van der Waals surface area contributed by atoms with Crippen molar-refractivity contribution in [3.63, 3.8) is 0 Å². The molecule has 0 spiro atoms. The van der Waals surface area contributed by atoms with Crippen molar-refractivity contribution < 1.29 is 9.59 Å². The molecule has 17 heavy (non-hydrogen) atoms. The maximum Gasteiger partial charge on any atom is 0.321 e. The molecule has 0 aromatic rings. The van der Waals surface area contributed by atoms with Crippen LogP contribution in [-0.2, 0) is 4.79 Å². The van der Waals surface area contributed by atoms with Gasteiger partial charge in [0.1, 0.15) is 0 Å². The Morgan fingerprint density at radius 1 is 1.35 bits per heavy atom. The Balaban J connectivity index is 3.88. The monoisotopic (exact) mass is 244 g/mol. The summed E-state index contributed by atoms with van der Waals surface area (Å²) in [5, 5.41) is 4.55. The number of urea groups is 1. The third kappa shape index (κ3) is 7.70. The zero-order chi connectivity index (χ0) is 13.5. The predicted molar refractivity (Wildman–Crippen MR) is 67.5 cm³/mol. The molecule has 0 atom stereocenters. The molecule has 4 N–H and O–H groups in total. The van der Waals surface area contributed by atoms with Crippen molar-refractivity contribution in [1.29, 1.82) is 0 Å². The van der Waals surface area contributed by atoms with Crippen LogP contribution >= 0.6 is 0 Å². The van der Waals surface area contributed by atoms with Gasteiger partial charge in [0, 0.05) is 26.6 Å². The molecular formula is C11H24N4O2. The van der Waals surface area contributed by atoms with Crippen molar-refractivity contribution in [2.45, 2.75) is 20.3 Å². The highest BCUT2D eigenvalue weighted by Crippen LogP contribution is 2.13. The topological polar surface area (TPSA) is 87.5 Å². The lowest BCUT2D eigenvalue weighted by atomic mass is 9.93. The summed E-state index contributed by atoms with van der Waals surface area (Å²) < 4.78 is 0. The highest BCUT2D eigenvalue weighted by Gasteiger charge is 2.18. The van der Waals surface area contributed by atoms with Gasteiger partial charge in [-0.25, -0.2) is 4.79 Å². The molecule has 0 unspecified atom stereocenters. The molecular weight excluding hydrogens is 220 g/mol. The van der Waals surface area contributed by atoms with Crippen molar-refractivity contribution in [3.8, 4) is 0 Å². The van der Waals surface area contributed by atoms with E-state index in [1.165, 1.54) is 7.05 Å². The van der Waals surface area contributed by atoms with Crippen LogP contribution in [0.3, 0.4) is 0 Å². The minimum atomic E-state index is -0.472. The van der Waals surface area contributed by atoms with Crippen molar-refractivity contribution in [2.75, 3.05) is 33.7 Å². The van der Waals surface area contributed by atoms with Crippen molar-refractivity contribution >= 4 is 11.9 Å². The zero-order valence-electron chi connectivity index (χ0n) is 11.2. The largest absolute Gasteiger partial charge is 0.341 e. The summed E-state index contributed by atoms with van der Waals surface area (Å²) in [5.41, 5.74) is 5.67. The fourth-order valence-electron chi connectivity index (χ4n) is 1.42. The molecule has 0 aliphatic rings. The number of hydrogen-bond acceptors (Lipinski definition) is 4. The van der Waals surface area contributed by atoms with Crippen LogP contribution in [0.25, 0.3) is 0 Å². The van der Waals surface area contributed by atoms with Crippen LogP contribution in [0.15, 0.2) is 0 Å². The van der Waals surface area contributed by atoms with E-state index >= 15 is 0 Å². The van der Waals surface area contributed by atoms with E-state index in [1.807, 2.05) is 11.9 Å². The molecule has 0 aliphatic carbocycles. The SMILES string of the molecule is CNC(=O)NC(=O)CCN(C)CC(C)(C)CN. The number of imide groups is 1. The molecule has 0 bridgehead atoms. The minimum absolute atomic E-state index is 0.0337. The van der Waals surface area contributed by atoms with Crippen LogP contribution < -0.4 is 16.4 Å². The van der Waals surface area contributed by atoms with E-state index in [1.54, 1.807) is 0 Å². The number of carbonyl (C=O) groups is 2. The third-order valence-electron chi connectivity index (χ3n) is 2.45. The predicted octanol–water partition coefficient (Wildman–Crippen LogP) is -0.251. The van der Waals surface area contributed by atoms with Gasteiger partial charge in [-0.1, -0.05) is 13.8 Å². The van der Waals surface area contributed by atoms with Crippen molar-refractivity contribution in [1.82, 2.24) is 15.5 Å². The summed E-state index contributed by atoms with van der Waals surface area (Å²) in [4.78, 5) is 24.2. The summed E-state index contributed by atoms with van der Waals surface area (Å²) in [6.07, 6.45) is 0.296. The van der Waals surface area contributed by atoms with Gasteiger partial charge in [-0.2, -0.15) is 0 Å². The molecule has 3 amide bonds. The normalized spacial score (nSPS) is 11.4. The quantitative estimate of drug-likeness (QED) is 0.601. The van der Waals surface area contributed by atoms with Gasteiger partial charge in [-0.15, -0.1) is 0 Å². The number of nitrogens with zero attached hydrogens (tertiary/aromatic N) is 1. The van der Waals surface area contributed by atoms with Crippen LogP contribution in [0.2, 0.25) is 0 Å². The van der Waals surface area contributed by atoms with Crippen molar-refractivity contribution in [3.05, 3.63) is 0 Å². The molecule has 6 nitrogen and oxygen atoms in total. The number of hydrogen-bond donors (Lipinski definition) is 3. The highest BCUT2D eigenvalue weighted by atomic mass is 16.2. The van der Waals surface area contributed by atoms with E-state index in [0.717, 1.165) is 6.54 Å². The van der Waals surface area contributed by atoms with E-state index in [2.05, 4.69) is 24.5 Å². The second kappa shape index (κ2) is 7.24. The van der Waals surface area contributed by atoms with Crippen LogP contribution in [0.4, 0.5) is 4.79 Å². The van der Waals surface area contributed by atoms with Gasteiger partial charge in [-0.05, 0) is 19.0 Å². The Labute approximate surface area is 103 Å². The van der Waals surface area contributed by atoms with Gasteiger partial charge in [-0.3, -0.25) is 10.1 Å². The lowest BCUT2D eigenvalue weighted by Gasteiger charge is -2.28. The van der Waals surface area contributed by atoms with E-state index in [9.17, 15) is 9.59 Å². The first-order chi connectivity index (χ1) is 7.80. The number of nitrogens with one attached hydrogen (secondary N) is 2. The lowest BCUT2D eigenvalue weighted by Crippen LogP contribution is -2.41. The molecule has 0 aromatic carbocycles. The molecule has 0 radical (unpaired) electrons. The summed E-state index contributed by atoms with van der Waals surface area (Å²) in [7, 11) is 3.41. The first kappa shape index (κ1) is 15.9. The average molecular weight is 244 g/mol. The number of amides is 3. The maximum absolute atomic E-state index is 11.3. The highest BCUT2D eigenvalue weighted by molar-refractivity contribution is 5.94. The van der Waals surface area contributed by atoms with Gasteiger partial charge in [0.15, 0.2) is 0 Å². The Morgan fingerprint density at radius 2 is 1.94 bits per heavy atom. The van der Waals surface area contributed by atoms with Gasteiger partial charge < -0.3 is 16.0 Å². The Bertz CT molecular complexity index is 266. The van der Waals surface area contributed by atoms with Gasteiger partial charge in [0.05, 0.1) is 0 Å². The summed E-state index contributed by atoms with van der Waals surface area (Å²) in [6, 6.07) is -0.472. The van der Waals surface area contributed by atoms with Crippen LogP contribution in [0.5, 0.6) is 0 Å². The molecule has 100 valence electrons. The van der Waals surface area contributed by atoms with E-state index in [0.29, 0.717) is 19.5 Å². The molecule has 0 aliphatic heterocycles. The number of rotatable bonds is 6. The Hall–Kier alpha value is -1.14. The zero-order valence-corrected chi connectivity index (χ0v) is 11.2. The molecule has 0 saturated heterocycles. The molecule has 0 aromatic heterocycles. The fourth-order valence-corrected chi connectivity index (χ4v) is 1.42. The van der Waals surface area contributed by atoms with Crippen molar-refractivity contribution in [2.24, 2.45) is 11.1 Å². The summed E-state index contributed by atoms with van der Waals surface area (Å²) in [6.45, 7) is 6.17. The van der Waals surface area contributed by atoms with Gasteiger partial charge in [0.2, 0.25) is 5.91 Å². The van der Waals surface area contributed by atoms with E-state index in [4.69, 9.17) is 5.73 Å². The molecule has 6 heteroatoms. The second-order valence-corrected chi connectivity index (χ2v) is 4.98. The third-order valence-corrected chi connectivity index (χ3v) is 2.45. The second-order valence-electron chi connectivity index (χ2n) is 4.98. The van der Waals surface area contributed by atoms with Gasteiger partial charge in [0.25, 0.3) is 0 Å².